The van der Waals surface area contributed by atoms with Crippen molar-refractivity contribution in [3.63, 3.8) is 0 Å². The van der Waals surface area contributed by atoms with Gasteiger partial charge in [0.1, 0.15) is 17.0 Å². The molecule has 0 saturated carbocycles. The van der Waals surface area contributed by atoms with Crippen LogP contribution < -0.4 is 3.58 Å². The van der Waals surface area contributed by atoms with E-state index in [1.165, 1.54) is 21.6 Å². The smallest absolute Gasteiger partial charge is 0.410 e. The van der Waals surface area contributed by atoms with Crippen LogP contribution in [0.25, 0.3) is 5.57 Å². The first-order valence-corrected chi connectivity index (χ1v) is 36.1. The first kappa shape index (κ1) is 71.3. The molecule has 0 spiro atoms. The number of benzene rings is 3. The molecule has 24 heteroatoms. The number of rotatable bonds is 7. The van der Waals surface area contributed by atoms with Gasteiger partial charge in [0, 0.05) is 148 Å². The second-order valence-electron chi connectivity index (χ2n) is 20.6. The Morgan fingerprint density at radius 3 is 1.47 bits per heavy atom. The summed E-state index contributed by atoms with van der Waals surface area (Å²) in [6.45, 7) is 21.2. The largest absolute Gasteiger partial charge is 0.444 e. The third-order valence-electron chi connectivity index (χ3n) is 11.0. The van der Waals surface area contributed by atoms with Crippen LogP contribution in [0.5, 0.6) is 0 Å². The van der Waals surface area contributed by atoms with Crippen LogP contribution in [0.2, 0.25) is 14.8 Å². The molecule has 2 amide bonds. The van der Waals surface area contributed by atoms with E-state index in [0.717, 1.165) is 64.5 Å². The molecule has 3 radical (unpaired) electrons. The molecular weight excluding hydrogens is 1420 g/mol. The average molecular weight is 1490 g/mol. The van der Waals surface area contributed by atoms with Crippen LogP contribution in [0.1, 0.15) is 95.9 Å². The molecule has 5 heterocycles. The maximum Gasteiger partial charge on any atom is 0.410 e. The zero-order valence-corrected chi connectivity index (χ0v) is 58.8. The van der Waals surface area contributed by atoms with E-state index < -0.39 is 51.3 Å². The molecule has 0 aliphatic carbocycles. The molecule has 3 aromatic carbocycles. The van der Waals surface area contributed by atoms with E-state index in [1.807, 2.05) is 45.0 Å². The van der Waals surface area contributed by atoms with Crippen molar-refractivity contribution < 1.29 is 157 Å². The topological polar surface area (TPSA) is 167 Å². The predicted molar refractivity (Wildman–Crippen MR) is 286 cm³/mol. The molecule has 0 saturated heterocycles. The van der Waals surface area contributed by atoms with Crippen LogP contribution in [0.4, 0.5) is 22.8 Å². The van der Waals surface area contributed by atoms with E-state index in [-0.39, 0.29) is 142 Å². The molecule has 2 atom stereocenters. The van der Waals surface area contributed by atoms with E-state index >= 15 is 0 Å². The Balaban J connectivity index is 0.000000357. The SMILES string of the molecule is Brc1ccc(C2=NO[CH-]C2)cc1.CC(C)(C)OC(=O)N1CC=C(OS(=O)(=O)C(F)(F)F)CC1.[CH2-]C1CC(c2cc[c]([Sn]([CH3])([CH3])[CH3])cc2)=NO1.[CH2-]C1CC(c2ccc(C3=CCN(C(=O)OC(C)(C)C)CC3)cc2)=NO1.[Y].[Y].[Y]. The van der Waals surface area contributed by atoms with Crippen LogP contribution in [0.3, 0.4) is 0 Å². The van der Waals surface area contributed by atoms with Crippen molar-refractivity contribution in [2.24, 2.45) is 15.5 Å². The van der Waals surface area contributed by atoms with Gasteiger partial charge in [-0.3, -0.25) is 0 Å². The van der Waals surface area contributed by atoms with Crippen molar-refractivity contribution in [3.8, 4) is 0 Å². The summed E-state index contributed by atoms with van der Waals surface area (Å²) < 4.78 is 75.3. The normalized spacial score (nSPS) is 18.1. The van der Waals surface area contributed by atoms with Crippen molar-refractivity contribution in [2.45, 2.75) is 117 Å². The Kier molecular flexibility index (Phi) is 29.3. The second kappa shape index (κ2) is 31.6. The molecule has 77 heavy (non-hydrogen) atoms. The summed E-state index contributed by atoms with van der Waals surface area (Å²) in [4.78, 5) is 49.1. The minimum Gasteiger partial charge on any atom is -0.444 e. The van der Waals surface area contributed by atoms with Crippen molar-refractivity contribution >= 4 is 82.9 Å². The first-order valence-electron chi connectivity index (χ1n) is 23.9. The summed E-state index contributed by atoms with van der Waals surface area (Å²) in [6, 6.07) is 25.2. The van der Waals surface area contributed by atoms with Crippen LogP contribution >= 0.6 is 15.9 Å². The maximum absolute atomic E-state index is 12.2. The Morgan fingerprint density at radius 2 is 1.10 bits per heavy atom. The van der Waals surface area contributed by atoms with Gasteiger partial charge >= 0.3 is 130 Å². The van der Waals surface area contributed by atoms with E-state index in [4.69, 9.17) is 24.0 Å². The molecule has 5 aliphatic rings. The van der Waals surface area contributed by atoms with E-state index in [1.54, 1.807) is 35.9 Å². The fourth-order valence-corrected chi connectivity index (χ4v) is 11.3. The van der Waals surface area contributed by atoms with Gasteiger partial charge in [-0.1, -0.05) is 70.0 Å². The van der Waals surface area contributed by atoms with Gasteiger partial charge in [0.25, 0.3) is 0 Å². The second-order valence-corrected chi connectivity index (χ2v) is 37.5. The van der Waals surface area contributed by atoms with Crippen molar-refractivity contribution in [2.75, 3.05) is 26.2 Å². The number of nitrogens with zero attached hydrogens (tertiary/aromatic N) is 5. The fraction of sp³-hybridized carbons (Fsp3) is 0.434. The number of carbonyl (C=O) groups excluding carboxylic acids is 2. The number of ether oxygens (including phenoxy) is 2. The number of alkyl halides is 3. The average Bonchev–Trinajstić information content (AvgIpc) is 4.12. The zero-order chi connectivity index (χ0) is 54.6. The summed E-state index contributed by atoms with van der Waals surface area (Å²) in [6.07, 6.45) is 5.26. The zero-order valence-electron chi connectivity index (χ0n) is 45.1. The van der Waals surface area contributed by atoms with Gasteiger partial charge in [0.05, 0.1) is 11.4 Å². The number of oxime groups is 3. The van der Waals surface area contributed by atoms with E-state index in [0.29, 0.717) is 13.1 Å². The Labute approximate surface area is 540 Å². The monoisotopic (exact) mass is 1490 g/mol. The molecule has 2 unspecified atom stereocenters. The Hall–Kier alpha value is -1.78. The number of amides is 2. The first-order chi connectivity index (χ1) is 34.5. The molecular formula is C53H66BrF3N5O10SSnY3-3. The number of hydrogen-bond acceptors (Lipinski definition) is 13. The van der Waals surface area contributed by atoms with Crippen LogP contribution in [0.15, 0.2) is 111 Å². The van der Waals surface area contributed by atoms with Gasteiger partial charge in [0.2, 0.25) is 0 Å². The predicted octanol–water partition coefficient (Wildman–Crippen LogP) is 11.7. The molecule has 0 fully saturated rings. The summed E-state index contributed by atoms with van der Waals surface area (Å²) in [7, 11) is -5.67. The molecule has 413 valence electrons. The summed E-state index contributed by atoms with van der Waals surface area (Å²) in [5, 5.41) is 12.0. The van der Waals surface area contributed by atoms with Crippen molar-refractivity contribution in [1.82, 2.24) is 9.80 Å². The van der Waals surface area contributed by atoms with Gasteiger partial charge < -0.3 is 40.1 Å². The van der Waals surface area contributed by atoms with Crippen LogP contribution in [-0.2, 0) is 136 Å². The summed E-state index contributed by atoms with van der Waals surface area (Å²) >= 11 is 1.47. The number of carbonyl (C=O) groups is 2. The molecule has 0 aromatic heterocycles. The quantitative estimate of drug-likeness (QED) is 0.0961. The van der Waals surface area contributed by atoms with Crippen molar-refractivity contribution in [3.05, 3.63) is 138 Å². The third-order valence-corrected chi connectivity index (χ3v) is 18.4. The Morgan fingerprint density at radius 1 is 0.675 bits per heavy atom. The van der Waals surface area contributed by atoms with Gasteiger partial charge in [-0.15, -0.1) is 11.8 Å². The number of halogens is 4. The van der Waals surface area contributed by atoms with E-state index in [9.17, 15) is 31.2 Å². The van der Waals surface area contributed by atoms with Crippen LogP contribution in [0, 0.1) is 20.5 Å². The summed E-state index contributed by atoms with van der Waals surface area (Å²) in [5.74, 6) is -0.341. The molecule has 5 aliphatic heterocycles. The minimum atomic E-state index is -5.67. The van der Waals surface area contributed by atoms with Gasteiger partial charge in [0.15, 0.2) is 0 Å². The Bertz CT molecular complexity index is 2700. The maximum atomic E-state index is 12.2. The van der Waals surface area contributed by atoms with Crippen LogP contribution in [-0.4, -0.2) is 121 Å². The van der Waals surface area contributed by atoms with Gasteiger partial charge in [-0.2, -0.15) is 21.6 Å². The molecule has 3 aromatic rings. The standard InChI is InChI=1S/C20H25N2O3.C11H16F3NO5S.C10H9NO.C9H7BrNO.3CH3.Sn.3Y/c1-14-13-18(21-25-14)17-7-5-15(6-8-17)16-9-11-22(12-10-16)19(23)24-20(2,3)4;1-10(2,3)19-9(16)15-6-4-8(5-7-15)20-21(17,18)11(12,13)14;1-8-7-10(11-12-8)9-5-3-2-4-6-9;10-8-3-1-7(2-4-8)9-5-6-12-11-9;;;;;;;/h5-9,14H,1,10-13H2,2-4H3;4H,5-7H2,1-3H3;3-6,8H,1,7H2;1-4,6H,5H2;3*1H3;;;;/q-1;;2*-1;;;;;;;. The molecule has 0 bridgehead atoms. The molecule has 8 rings (SSSR count). The molecule has 15 nitrogen and oxygen atoms in total. The number of hydrogen-bond donors (Lipinski definition) is 0. The van der Waals surface area contributed by atoms with Crippen molar-refractivity contribution in [1.29, 1.82) is 0 Å². The third kappa shape index (κ3) is 23.9. The summed E-state index contributed by atoms with van der Waals surface area (Å²) in [5.41, 5.74) is 2.12. The van der Waals surface area contributed by atoms with Gasteiger partial charge in [-0.25, -0.2) is 9.59 Å². The molecule has 0 N–H and O–H groups in total. The van der Waals surface area contributed by atoms with Gasteiger partial charge in [-0.05, 0) is 88.4 Å². The fourth-order valence-electron chi connectivity index (χ4n) is 7.13. The minimum absolute atomic E-state index is 0. The van der Waals surface area contributed by atoms with E-state index in [2.05, 4.69) is 119 Å².